The highest BCUT2D eigenvalue weighted by atomic mass is 35.5. The molecule has 6 nitrogen and oxygen atoms in total. The molecule has 2 aliphatic rings. The molecule has 1 unspecified atom stereocenters. The fraction of sp³-hybridized carbons (Fsp3) is 0.222. The van der Waals surface area contributed by atoms with Crippen molar-refractivity contribution in [3.63, 3.8) is 0 Å². The van der Waals surface area contributed by atoms with Crippen LogP contribution in [-0.4, -0.2) is 24.6 Å². The lowest BCUT2D eigenvalue weighted by molar-refractivity contribution is -0.121. The van der Waals surface area contributed by atoms with Crippen LogP contribution in [0.5, 0.6) is 11.5 Å². The molecule has 0 aromatic heterocycles. The number of amides is 2. The molecular weight excluding hydrogens is 379 g/mol. The van der Waals surface area contributed by atoms with Crippen molar-refractivity contribution < 1.29 is 19.1 Å². The van der Waals surface area contributed by atoms with E-state index in [4.69, 9.17) is 32.7 Å². The van der Waals surface area contributed by atoms with Gasteiger partial charge in [-0.2, -0.15) is 0 Å². The van der Waals surface area contributed by atoms with E-state index in [2.05, 4.69) is 5.32 Å². The first-order valence-electron chi connectivity index (χ1n) is 7.96. The predicted octanol–water partition coefficient (Wildman–Crippen LogP) is 3.14. The van der Waals surface area contributed by atoms with Gasteiger partial charge in [-0.25, -0.2) is 4.90 Å². The van der Waals surface area contributed by atoms with Gasteiger partial charge in [-0.1, -0.05) is 29.3 Å². The minimum absolute atomic E-state index is 0.0769. The number of imide groups is 1. The molecule has 0 aliphatic carbocycles. The zero-order chi connectivity index (χ0) is 18.3. The zero-order valence-corrected chi connectivity index (χ0v) is 15.0. The summed E-state index contributed by atoms with van der Waals surface area (Å²) in [6.07, 6.45) is 0.0769. The van der Waals surface area contributed by atoms with Gasteiger partial charge in [0.25, 0.3) is 5.91 Å². The molecule has 1 saturated heterocycles. The van der Waals surface area contributed by atoms with E-state index in [1.165, 1.54) is 0 Å². The number of nitrogens with one attached hydrogen (secondary N) is 1. The Labute approximate surface area is 159 Å². The van der Waals surface area contributed by atoms with E-state index in [0.717, 1.165) is 10.5 Å². The molecule has 1 fully saturated rings. The van der Waals surface area contributed by atoms with Gasteiger partial charge in [-0.3, -0.25) is 9.59 Å². The van der Waals surface area contributed by atoms with E-state index in [1.807, 2.05) is 18.2 Å². The molecule has 8 heteroatoms. The van der Waals surface area contributed by atoms with Crippen molar-refractivity contribution in [2.45, 2.75) is 19.0 Å². The van der Waals surface area contributed by atoms with Crippen molar-refractivity contribution in [3.8, 4) is 11.5 Å². The first kappa shape index (κ1) is 17.1. The second kappa shape index (κ2) is 6.79. The molecule has 0 saturated carbocycles. The topological polar surface area (TPSA) is 67.9 Å². The van der Waals surface area contributed by atoms with Gasteiger partial charge in [-0.05, 0) is 35.9 Å². The van der Waals surface area contributed by atoms with Gasteiger partial charge < -0.3 is 14.8 Å². The average molecular weight is 393 g/mol. The van der Waals surface area contributed by atoms with Crippen LogP contribution in [0.3, 0.4) is 0 Å². The quantitative estimate of drug-likeness (QED) is 0.809. The molecule has 134 valence electrons. The molecular formula is C18H14Cl2N2O4. The van der Waals surface area contributed by atoms with E-state index in [1.54, 1.807) is 18.2 Å². The van der Waals surface area contributed by atoms with Crippen molar-refractivity contribution >= 4 is 40.7 Å². The number of benzene rings is 2. The number of nitrogens with zero attached hydrogens (tertiary/aromatic N) is 1. The molecule has 2 aromatic rings. The highest BCUT2D eigenvalue weighted by Crippen LogP contribution is 2.33. The fourth-order valence-electron chi connectivity index (χ4n) is 3.02. The van der Waals surface area contributed by atoms with Crippen molar-refractivity contribution in [2.24, 2.45) is 0 Å². The molecule has 2 aromatic carbocycles. The SMILES string of the molecule is O=C1CC(NCc2ccc3c(c2)OCO3)C(=O)N1c1cc(Cl)cc(Cl)c1. The van der Waals surface area contributed by atoms with Gasteiger partial charge in [0.15, 0.2) is 11.5 Å². The number of rotatable bonds is 4. The summed E-state index contributed by atoms with van der Waals surface area (Å²) < 4.78 is 10.6. The first-order chi connectivity index (χ1) is 12.5. The van der Waals surface area contributed by atoms with Crippen molar-refractivity contribution in [1.29, 1.82) is 0 Å². The molecule has 26 heavy (non-hydrogen) atoms. The second-order valence-corrected chi connectivity index (χ2v) is 6.89. The van der Waals surface area contributed by atoms with E-state index < -0.39 is 6.04 Å². The Morgan fingerprint density at radius 3 is 2.54 bits per heavy atom. The summed E-state index contributed by atoms with van der Waals surface area (Å²) in [5, 5.41) is 3.86. The van der Waals surface area contributed by atoms with Gasteiger partial charge in [-0.15, -0.1) is 0 Å². The third kappa shape index (κ3) is 3.23. The number of anilines is 1. The Balaban J connectivity index is 1.47. The molecule has 0 spiro atoms. The monoisotopic (exact) mass is 392 g/mol. The maximum Gasteiger partial charge on any atom is 0.251 e. The number of halogens is 2. The predicted molar refractivity (Wildman–Crippen MR) is 96.8 cm³/mol. The zero-order valence-electron chi connectivity index (χ0n) is 13.5. The smallest absolute Gasteiger partial charge is 0.251 e. The number of hydrogen-bond acceptors (Lipinski definition) is 5. The Hall–Kier alpha value is -2.28. The highest BCUT2D eigenvalue weighted by molar-refractivity contribution is 6.35. The molecule has 2 aliphatic heterocycles. The Morgan fingerprint density at radius 2 is 1.77 bits per heavy atom. The van der Waals surface area contributed by atoms with Crippen LogP contribution in [-0.2, 0) is 16.1 Å². The van der Waals surface area contributed by atoms with Gasteiger partial charge in [0.2, 0.25) is 12.7 Å². The van der Waals surface area contributed by atoms with Gasteiger partial charge >= 0.3 is 0 Å². The lowest BCUT2D eigenvalue weighted by Crippen LogP contribution is -2.38. The maximum atomic E-state index is 12.7. The maximum absolute atomic E-state index is 12.7. The number of fused-ring (bicyclic) bond motifs is 1. The molecule has 1 N–H and O–H groups in total. The summed E-state index contributed by atoms with van der Waals surface area (Å²) in [7, 11) is 0. The standard InChI is InChI=1S/C18H14Cl2N2O4/c19-11-4-12(20)6-13(5-11)22-17(23)7-14(18(22)24)21-8-10-1-2-15-16(3-10)26-9-25-15/h1-6,14,21H,7-9H2. The van der Waals surface area contributed by atoms with Gasteiger partial charge in [0.1, 0.15) is 0 Å². The van der Waals surface area contributed by atoms with Crippen LogP contribution in [0.4, 0.5) is 5.69 Å². The number of carbonyl (C=O) groups is 2. The van der Waals surface area contributed by atoms with Crippen LogP contribution in [0.25, 0.3) is 0 Å². The number of carbonyl (C=O) groups excluding carboxylic acids is 2. The lowest BCUT2D eigenvalue weighted by atomic mass is 10.1. The Kier molecular flexibility index (Phi) is 4.48. The molecule has 2 heterocycles. The lowest BCUT2D eigenvalue weighted by Gasteiger charge is -2.16. The summed E-state index contributed by atoms with van der Waals surface area (Å²) in [5.74, 6) is 0.754. The Bertz CT molecular complexity index is 883. The van der Waals surface area contributed by atoms with Crippen molar-refractivity contribution in [3.05, 3.63) is 52.0 Å². The van der Waals surface area contributed by atoms with Crippen molar-refractivity contribution in [2.75, 3.05) is 11.7 Å². The molecule has 0 radical (unpaired) electrons. The normalized spacial score (nSPS) is 18.7. The number of ether oxygens (including phenoxy) is 2. The van der Waals surface area contributed by atoms with E-state index in [0.29, 0.717) is 33.8 Å². The summed E-state index contributed by atoms with van der Waals surface area (Å²) in [4.78, 5) is 26.1. The van der Waals surface area contributed by atoms with Gasteiger partial charge in [0.05, 0.1) is 18.2 Å². The third-order valence-corrected chi connectivity index (χ3v) is 4.68. The van der Waals surface area contributed by atoms with Crippen molar-refractivity contribution in [1.82, 2.24) is 5.32 Å². The fourth-order valence-corrected chi connectivity index (χ4v) is 3.54. The largest absolute Gasteiger partial charge is 0.454 e. The van der Waals surface area contributed by atoms with E-state index >= 15 is 0 Å². The molecule has 1 atom stereocenters. The van der Waals surface area contributed by atoms with E-state index in [-0.39, 0.29) is 25.0 Å². The van der Waals surface area contributed by atoms with Crippen LogP contribution >= 0.6 is 23.2 Å². The van der Waals surface area contributed by atoms with Crippen LogP contribution < -0.4 is 19.7 Å². The summed E-state index contributed by atoms with van der Waals surface area (Å²) in [5.41, 5.74) is 1.31. The van der Waals surface area contributed by atoms with Crippen LogP contribution in [0, 0.1) is 0 Å². The molecule has 4 rings (SSSR count). The van der Waals surface area contributed by atoms with Gasteiger partial charge in [0, 0.05) is 16.6 Å². The number of hydrogen-bond donors (Lipinski definition) is 1. The van der Waals surface area contributed by atoms with Crippen LogP contribution in [0.15, 0.2) is 36.4 Å². The van der Waals surface area contributed by atoms with Crippen LogP contribution in [0.1, 0.15) is 12.0 Å². The summed E-state index contributed by atoms with van der Waals surface area (Å²) in [6.45, 7) is 0.628. The first-order valence-corrected chi connectivity index (χ1v) is 8.71. The Morgan fingerprint density at radius 1 is 1.04 bits per heavy atom. The van der Waals surface area contributed by atoms with Crippen LogP contribution in [0.2, 0.25) is 10.0 Å². The minimum Gasteiger partial charge on any atom is -0.454 e. The summed E-state index contributed by atoms with van der Waals surface area (Å²) >= 11 is 12.0. The highest BCUT2D eigenvalue weighted by Gasteiger charge is 2.39. The molecule has 0 bridgehead atoms. The second-order valence-electron chi connectivity index (χ2n) is 6.02. The average Bonchev–Trinajstić information content (AvgIpc) is 3.15. The summed E-state index contributed by atoms with van der Waals surface area (Å²) in [6, 6.07) is 9.59. The molecule has 2 amide bonds. The third-order valence-electron chi connectivity index (χ3n) is 4.24. The minimum atomic E-state index is -0.606. The van der Waals surface area contributed by atoms with E-state index in [9.17, 15) is 9.59 Å².